The molecule has 2 aromatic carbocycles. The lowest BCUT2D eigenvalue weighted by atomic mass is 9.98. The molecule has 0 aliphatic carbocycles. The summed E-state index contributed by atoms with van der Waals surface area (Å²) in [5.74, 6) is -2.40. The minimum Gasteiger partial charge on any atom is -0.306 e. The predicted octanol–water partition coefficient (Wildman–Crippen LogP) is 4.85. The maximum Gasteiger partial charge on any atom is 0.159 e. The van der Waals surface area contributed by atoms with Gasteiger partial charge >= 0.3 is 0 Å². The molecule has 0 aliphatic heterocycles. The van der Waals surface area contributed by atoms with Crippen molar-refractivity contribution in [3.8, 4) is 0 Å². The quantitative estimate of drug-likeness (QED) is 0.832. The van der Waals surface area contributed by atoms with Gasteiger partial charge in [0.05, 0.1) is 11.1 Å². The Hall–Kier alpha value is -1.52. The normalized spacial score (nSPS) is 12.4. The highest BCUT2D eigenvalue weighted by Crippen LogP contribution is 2.30. The molecule has 0 saturated carbocycles. The first-order chi connectivity index (χ1) is 10.0. The maximum atomic E-state index is 13.6. The smallest absolute Gasteiger partial charge is 0.159 e. The molecule has 0 spiro atoms. The van der Waals surface area contributed by atoms with Gasteiger partial charge < -0.3 is 5.32 Å². The van der Waals surface area contributed by atoms with Crippen LogP contribution < -0.4 is 5.32 Å². The molecule has 0 amide bonds. The second-order valence-electron chi connectivity index (χ2n) is 4.70. The molecule has 5 heteroatoms. The van der Waals surface area contributed by atoms with Gasteiger partial charge in [-0.25, -0.2) is 13.2 Å². The third-order valence-electron chi connectivity index (χ3n) is 3.17. The molecule has 0 bridgehead atoms. The maximum absolute atomic E-state index is 13.6. The number of hydrogen-bond acceptors (Lipinski definition) is 1. The van der Waals surface area contributed by atoms with Gasteiger partial charge in [0.2, 0.25) is 0 Å². The highest BCUT2D eigenvalue weighted by molar-refractivity contribution is 6.31. The monoisotopic (exact) mass is 313 g/mol. The van der Waals surface area contributed by atoms with E-state index in [9.17, 15) is 13.2 Å². The molecule has 1 unspecified atom stereocenters. The van der Waals surface area contributed by atoms with Crippen molar-refractivity contribution in [2.75, 3.05) is 6.54 Å². The summed E-state index contributed by atoms with van der Waals surface area (Å²) in [5.41, 5.74) is 0.992. The molecule has 0 saturated heterocycles. The standard InChI is InChI=1S/C16H15ClF3N/c1-2-8-21-16(10-6-7-12(18)14(20)9-10)11-4-3-5-13(19)15(11)17/h3-7,9,16,21H,2,8H2,1H3. The van der Waals surface area contributed by atoms with Crippen LogP contribution >= 0.6 is 11.6 Å². The van der Waals surface area contributed by atoms with Crippen LogP contribution in [0.2, 0.25) is 5.02 Å². The number of nitrogens with one attached hydrogen (secondary N) is 1. The molecule has 112 valence electrons. The first-order valence-corrected chi connectivity index (χ1v) is 7.04. The average Bonchev–Trinajstić information content (AvgIpc) is 2.47. The van der Waals surface area contributed by atoms with Crippen LogP contribution in [0.15, 0.2) is 36.4 Å². The van der Waals surface area contributed by atoms with Gasteiger partial charge in [-0.2, -0.15) is 0 Å². The summed E-state index contributed by atoms with van der Waals surface area (Å²) >= 11 is 6.01. The fourth-order valence-corrected chi connectivity index (χ4v) is 2.37. The zero-order valence-corrected chi connectivity index (χ0v) is 12.2. The highest BCUT2D eigenvalue weighted by atomic mass is 35.5. The zero-order chi connectivity index (χ0) is 15.4. The van der Waals surface area contributed by atoms with E-state index in [1.54, 1.807) is 6.07 Å². The van der Waals surface area contributed by atoms with Gasteiger partial charge in [-0.3, -0.25) is 0 Å². The van der Waals surface area contributed by atoms with E-state index in [4.69, 9.17) is 11.6 Å². The van der Waals surface area contributed by atoms with Gasteiger partial charge in [0.1, 0.15) is 5.82 Å². The van der Waals surface area contributed by atoms with Crippen molar-refractivity contribution in [1.82, 2.24) is 5.32 Å². The first-order valence-electron chi connectivity index (χ1n) is 6.66. The molecule has 0 aliphatic rings. The van der Waals surface area contributed by atoms with Crippen LogP contribution in [0.1, 0.15) is 30.5 Å². The van der Waals surface area contributed by atoms with E-state index in [0.29, 0.717) is 17.7 Å². The van der Waals surface area contributed by atoms with E-state index in [-0.39, 0.29) is 5.02 Å². The largest absolute Gasteiger partial charge is 0.306 e. The number of halogens is 4. The molecule has 1 nitrogen and oxygen atoms in total. The van der Waals surface area contributed by atoms with E-state index in [0.717, 1.165) is 18.6 Å². The van der Waals surface area contributed by atoms with E-state index >= 15 is 0 Å². The molecular formula is C16H15ClF3N. The van der Waals surface area contributed by atoms with Crippen molar-refractivity contribution >= 4 is 11.6 Å². The molecule has 0 fully saturated rings. The van der Waals surface area contributed by atoms with Crippen LogP contribution in [-0.4, -0.2) is 6.54 Å². The topological polar surface area (TPSA) is 12.0 Å². The van der Waals surface area contributed by atoms with Crippen LogP contribution in [-0.2, 0) is 0 Å². The predicted molar refractivity (Wildman–Crippen MR) is 77.9 cm³/mol. The lowest BCUT2D eigenvalue weighted by molar-refractivity contribution is 0.503. The zero-order valence-electron chi connectivity index (χ0n) is 11.5. The van der Waals surface area contributed by atoms with Gasteiger partial charge in [0, 0.05) is 0 Å². The van der Waals surface area contributed by atoms with Gasteiger partial charge in [-0.1, -0.05) is 36.7 Å². The van der Waals surface area contributed by atoms with E-state index in [1.165, 1.54) is 18.2 Å². The SMILES string of the molecule is CCCNC(c1ccc(F)c(F)c1)c1cccc(F)c1Cl. The van der Waals surface area contributed by atoms with Crippen LogP contribution in [0.25, 0.3) is 0 Å². The van der Waals surface area contributed by atoms with Crippen molar-refractivity contribution < 1.29 is 13.2 Å². The molecule has 0 heterocycles. The summed E-state index contributed by atoms with van der Waals surface area (Å²) in [7, 11) is 0. The average molecular weight is 314 g/mol. The van der Waals surface area contributed by atoms with Gasteiger partial charge in [0.25, 0.3) is 0 Å². The Morgan fingerprint density at radius 2 is 1.81 bits per heavy atom. The minimum atomic E-state index is -0.941. The van der Waals surface area contributed by atoms with Gasteiger partial charge in [0.15, 0.2) is 11.6 Å². The lowest BCUT2D eigenvalue weighted by Crippen LogP contribution is -2.24. The minimum absolute atomic E-state index is 0.0177. The van der Waals surface area contributed by atoms with E-state index < -0.39 is 23.5 Å². The number of hydrogen-bond donors (Lipinski definition) is 1. The Morgan fingerprint density at radius 3 is 2.48 bits per heavy atom. The van der Waals surface area contributed by atoms with Crippen LogP contribution in [0.5, 0.6) is 0 Å². The third-order valence-corrected chi connectivity index (χ3v) is 3.57. The molecule has 2 rings (SSSR count). The van der Waals surface area contributed by atoms with Crippen molar-refractivity contribution in [3.63, 3.8) is 0 Å². The van der Waals surface area contributed by atoms with E-state index in [1.807, 2.05) is 6.92 Å². The second-order valence-corrected chi connectivity index (χ2v) is 5.08. The molecule has 1 N–H and O–H groups in total. The van der Waals surface area contributed by atoms with Crippen molar-refractivity contribution in [2.45, 2.75) is 19.4 Å². The van der Waals surface area contributed by atoms with Crippen LogP contribution in [0.3, 0.4) is 0 Å². The summed E-state index contributed by atoms with van der Waals surface area (Å²) in [6.45, 7) is 2.61. The Labute approximate surface area is 126 Å². The molecule has 21 heavy (non-hydrogen) atoms. The Bertz CT molecular complexity index is 631. The fourth-order valence-electron chi connectivity index (χ4n) is 2.13. The second kappa shape index (κ2) is 6.96. The van der Waals surface area contributed by atoms with Crippen LogP contribution in [0, 0.1) is 17.5 Å². The molecule has 1 atom stereocenters. The van der Waals surface area contributed by atoms with Crippen LogP contribution in [0.4, 0.5) is 13.2 Å². The molecule has 0 radical (unpaired) electrons. The highest BCUT2D eigenvalue weighted by Gasteiger charge is 2.19. The van der Waals surface area contributed by atoms with E-state index in [2.05, 4.69) is 5.32 Å². The van der Waals surface area contributed by atoms with Crippen molar-refractivity contribution in [1.29, 1.82) is 0 Å². The summed E-state index contributed by atoms with van der Waals surface area (Å²) in [4.78, 5) is 0. The van der Waals surface area contributed by atoms with Crippen molar-refractivity contribution in [3.05, 3.63) is 70.0 Å². The number of benzene rings is 2. The van der Waals surface area contributed by atoms with Gasteiger partial charge in [-0.15, -0.1) is 0 Å². The number of rotatable bonds is 5. The molecule has 2 aromatic rings. The first kappa shape index (κ1) is 15.9. The fraction of sp³-hybridized carbons (Fsp3) is 0.250. The summed E-state index contributed by atoms with van der Waals surface area (Å²) in [5, 5.41) is 3.16. The van der Waals surface area contributed by atoms with Crippen molar-refractivity contribution in [2.24, 2.45) is 0 Å². The Balaban J connectivity index is 2.47. The Kier molecular flexibility index (Phi) is 5.26. The summed E-state index contributed by atoms with van der Waals surface area (Å²) in [6.07, 6.45) is 0.840. The summed E-state index contributed by atoms with van der Waals surface area (Å²) in [6, 6.07) is 7.59. The summed E-state index contributed by atoms with van der Waals surface area (Å²) < 4.78 is 40.2. The lowest BCUT2D eigenvalue weighted by Gasteiger charge is -2.21. The third kappa shape index (κ3) is 3.57. The van der Waals surface area contributed by atoms with Gasteiger partial charge in [-0.05, 0) is 42.3 Å². The molecule has 0 aromatic heterocycles. The Morgan fingerprint density at radius 1 is 1.05 bits per heavy atom. The molecular weight excluding hydrogens is 299 g/mol.